The van der Waals surface area contributed by atoms with Gasteiger partial charge in [0, 0.05) is 24.8 Å². The van der Waals surface area contributed by atoms with E-state index in [4.69, 9.17) is 13.0 Å². The van der Waals surface area contributed by atoms with Gasteiger partial charge in [-0.3, -0.25) is 0 Å². The zero-order chi connectivity index (χ0) is 10.7. The molecule has 1 aromatic carbocycles. The lowest BCUT2D eigenvalue weighted by atomic mass is 10.3. The third-order valence-electron chi connectivity index (χ3n) is 1.42. The fraction of sp³-hybridized carbons (Fsp3) is 0.222. The van der Waals surface area contributed by atoms with Gasteiger partial charge in [-0.05, 0) is 24.2 Å². The Bertz CT molecular complexity index is 355. The summed E-state index contributed by atoms with van der Waals surface area (Å²) in [4.78, 5) is 12.6. The van der Waals surface area contributed by atoms with E-state index in [2.05, 4.69) is 5.32 Å². The third-order valence-corrected chi connectivity index (χ3v) is 1.66. The number of rotatable bonds is 1. The zero-order valence-electron chi connectivity index (χ0n) is 8.47. The second-order valence-corrected chi connectivity index (χ2v) is 3.18. The van der Waals surface area contributed by atoms with Crippen molar-refractivity contribution in [3.63, 3.8) is 0 Å². The molecule has 4 heteroatoms. The summed E-state index contributed by atoms with van der Waals surface area (Å²) in [5.41, 5.74) is 0.452. The standard InChI is InChI=1S/C9H11ClN2O/c1-12(2)9(13)11-8-5-3-7(10)4-6-8/h3-6H,1-2H3,(H,11,13)/i5D. The van der Waals surface area contributed by atoms with Gasteiger partial charge in [-0.1, -0.05) is 11.6 Å². The molecule has 0 saturated carbocycles. The van der Waals surface area contributed by atoms with E-state index in [0.29, 0.717) is 10.7 Å². The molecule has 0 radical (unpaired) electrons. The number of nitrogens with one attached hydrogen (secondary N) is 1. The van der Waals surface area contributed by atoms with Crippen LogP contribution in [0.5, 0.6) is 0 Å². The normalized spacial score (nSPS) is 10.5. The van der Waals surface area contributed by atoms with Gasteiger partial charge in [0.1, 0.15) is 0 Å². The lowest BCUT2D eigenvalue weighted by Crippen LogP contribution is -2.27. The lowest BCUT2D eigenvalue weighted by molar-refractivity contribution is 0.230. The quantitative estimate of drug-likeness (QED) is 0.741. The summed E-state index contributed by atoms with van der Waals surface area (Å²) in [6, 6.07) is 4.65. The molecule has 0 aliphatic carbocycles. The molecule has 0 heterocycles. The van der Waals surface area contributed by atoms with Crippen LogP contribution < -0.4 is 5.32 Å². The third kappa shape index (κ3) is 2.95. The van der Waals surface area contributed by atoms with Gasteiger partial charge in [0.05, 0.1) is 1.37 Å². The first kappa shape index (κ1) is 8.38. The Morgan fingerprint density at radius 3 is 2.77 bits per heavy atom. The minimum atomic E-state index is -0.263. The van der Waals surface area contributed by atoms with Crippen LogP contribution in [-0.2, 0) is 0 Å². The molecule has 0 fully saturated rings. The van der Waals surface area contributed by atoms with Crippen molar-refractivity contribution in [1.29, 1.82) is 0 Å². The van der Waals surface area contributed by atoms with Crippen LogP contribution in [0.1, 0.15) is 1.37 Å². The van der Waals surface area contributed by atoms with Crippen LogP contribution in [0.25, 0.3) is 0 Å². The topological polar surface area (TPSA) is 32.3 Å². The monoisotopic (exact) mass is 199 g/mol. The van der Waals surface area contributed by atoms with E-state index >= 15 is 0 Å². The SMILES string of the molecule is [2H]c1cc(Cl)ccc1NC(=O)N(C)C. The molecule has 1 rings (SSSR count). The summed E-state index contributed by atoms with van der Waals surface area (Å²) >= 11 is 5.67. The Kier molecular flexibility index (Phi) is 2.67. The van der Waals surface area contributed by atoms with Gasteiger partial charge >= 0.3 is 6.03 Å². The van der Waals surface area contributed by atoms with Crippen LogP contribution in [0.3, 0.4) is 0 Å². The number of hydrogen-bond acceptors (Lipinski definition) is 1. The predicted molar refractivity (Wildman–Crippen MR) is 54.2 cm³/mol. The van der Waals surface area contributed by atoms with Gasteiger partial charge in [-0.15, -0.1) is 0 Å². The molecule has 0 atom stereocenters. The molecule has 1 aromatic rings. The Morgan fingerprint density at radius 1 is 1.54 bits per heavy atom. The Morgan fingerprint density at radius 2 is 2.23 bits per heavy atom. The highest BCUT2D eigenvalue weighted by Crippen LogP contribution is 2.13. The van der Waals surface area contributed by atoms with Crippen LogP contribution in [0, 0.1) is 0 Å². The fourth-order valence-electron chi connectivity index (χ4n) is 0.711. The van der Waals surface area contributed by atoms with Gasteiger partial charge < -0.3 is 10.2 Å². The van der Waals surface area contributed by atoms with E-state index < -0.39 is 0 Å². The molecular weight excluding hydrogens is 188 g/mol. The molecule has 0 aliphatic rings. The number of hydrogen-bond donors (Lipinski definition) is 1. The predicted octanol–water partition coefficient (Wildman–Crippen LogP) is 2.43. The van der Waals surface area contributed by atoms with E-state index in [-0.39, 0.29) is 12.1 Å². The highest BCUT2D eigenvalue weighted by atomic mass is 35.5. The number of benzene rings is 1. The van der Waals surface area contributed by atoms with Crippen LogP contribution in [0.15, 0.2) is 24.2 Å². The van der Waals surface area contributed by atoms with E-state index in [1.165, 1.54) is 11.0 Å². The van der Waals surface area contributed by atoms with Crippen molar-refractivity contribution >= 4 is 23.3 Å². The molecule has 3 nitrogen and oxygen atoms in total. The Hall–Kier alpha value is -1.22. The zero-order valence-corrected chi connectivity index (χ0v) is 8.22. The van der Waals surface area contributed by atoms with Gasteiger partial charge in [0.15, 0.2) is 0 Å². The number of halogens is 1. The highest BCUT2D eigenvalue weighted by Gasteiger charge is 2.02. The average molecular weight is 200 g/mol. The van der Waals surface area contributed by atoms with Crippen molar-refractivity contribution in [1.82, 2.24) is 4.90 Å². The fourth-order valence-corrected chi connectivity index (χ4v) is 0.828. The average Bonchev–Trinajstić information content (AvgIpc) is 2.09. The first-order valence-corrected chi connectivity index (χ1v) is 4.13. The molecule has 0 saturated heterocycles. The molecule has 0 bridgehead atoms. The first-order valence-electron chi connectivity index (χ1n) is 4.25. The number of amides is 2. The second kappa shape index (κ2) is 4.14. The van der Waals surface area contributed by atoms with Crippen LogP contribution in [-0.4, -0.2) is 25.0 Å². The van der Waals surface area contributed by atoms with E-state index in [0.717, 1.165) is 0 Å². The Balaban J connectivity index is 2.82. The molecule has 2 amide bonds. The van der Waals surface area contributed by atoms with Crippen LogP contribution in [0.4, 0.5) is 10.5 Å². The van der Waals surface area contributed by atoms with Crippen molar-refractivity contribution < 1.29 is 6.17 Å². The van der Waals surface area contributed by atoms with Crippen molar-refractivity contribution in [2.75, 3.05) is 19.4 Å². The van der Waals surface area contributed by atoms with Crippen molar-refractivity contribution in [3.8, 4) is 0 Å². The molecule has 1 N–H and O–H groups in total. The van der Waals surface area contributed by atoms with Gasteiger partial charge in [-0.2, -0.15) is 0 Å². The summed E-state index contributed by atoms with van der Waals surface area (Å²) in [6.45, 7) is 0. The highest BCUT2D eigenvalue weighted by molar-refractivity contribution is 6.30. The molecule has 0 aromatic heterocycles. The number of urea groups is 1. The molecule has 13 heavy (non-hydrogen) atoms. The van der Waals surface area contributed by atoms with Crippen molar-refractivity contribution in [3.05, 3.63) is 29.3 Å². The molecule has 0 spiro atoms. The summed E-state index contributed by atoms with van der Waals surface area (Å²) in [7, 11) is 3.27. The molecule has 0 unspecified atom stereocenters. The minimum absolute atomic E-state index is 0.202. The second-order valence-electron chi connectivity index (χ2n) is 2.75. The van der Waals surface area contributed by atoms with Gasteiger partial charge in [-0.25, -0.2) is 4.79 Å². The summed E-state index contributed by atoms with van der Waals surface area (Å²) in [5, 5.41) is 3.06. The molecular formula is C9H11ClN2O. The minimum Gasteiger partial charge on any atom is -0.331 e. The number of carbonyl (C=O) groups is 1. The molecule has 70 valence electrons. The Labute approximate surface area is 83.7 Å². The number of nitrogens with zero attached hydrogens (tertiary/aromatic N) is 1. The largest absolute Gasteiger partial charge is 0.331 e. The lowest BCUT2D eigenvalue weighted by Gasteiger charge is -2.11. The van der Waals surface area contributed by atoms with E-state index in [1.54, 1.807) is 26.2 Å². The maximum atomic E-state index is 11.2. The number of anilines is 1. The van der Waals surface area contributed by atoms with Crippen LogP contribution >= 0.6 is 11.6 Å². The summed E-state index contributed by atoms with van der Waals surface area (Å²) in [6.07, 6.45) is 0. The summed E-state index contributed by atoms with van der Waals surface area (Å²) in [5.74, 6) is 0. The smallest absolute Gasteiger partial charge is 0.321 e. The van der Waals surface area contributed by atoms with E-state index in [1.807, 2.05) is 0 Å². The maximum absolute atomic E-state index is 11.2. The van der Waals surface area contributed by atoms with E-state index in [9.17, 15) is 4.79 Å². The van der Waals surface area contributed by atoms with Crippen LogP contribution in [0.2, 0.25) is 5.02 Å². The van der Waals surface area contributed by atoms with Crippen molar-refractivity contribution in [2.24, 2.45) is 0 Å². The molecule has 0 aliphatic heterocycles. The van der Waals surface area contributed by atoms with Gasteiger partial charge in [0.25, 0.3) is 0 Å². The van der Waals surface area contributed by atoms with Gasteiger partial charge in [0.2, 0.25) is 0 Å². The first-order chi connectivity index (χ1) is 6.50. The summed E-state index contributed by atoms with van der Waals surface area (Å²) < 4.78 is 7.53. The number of carbonyl (C=O) groups excluding carboxylic acids is 1. The van der Waals surface area contributed by atoms with Crippen molar-refractivity contribution in [2.45, 2.75) is 0 Å². The maximum Gasteiger partial charge on any atom is 0.321 e.